The van der Waals surface area contributed by atoms with Gasteiger partial charge in [-0.25, -0.2) is 23.1 Å². The topological polar surface area (TPSA) is 67.8 Å². The zero-order valence-corrected chi connectivity index (χ0v) is 17.8. The fourth-order valence-corrected chi connectivity index (χ4v) is 3.28. The lowest BCUT2D eigenvalue weighted by Crippen LogP contribution is -2.15. The van der Waals surface area contributed by atoms with Gasteiger partial charge in [0.05, 0.1) is 16.9 Å². The smallest absolute Gasteiger partial charge is 0.258 e. The molecule has 5 nitrogen and oxygen atoms in total. The second-order valence-electron chi connectivity index (χ2n) is 7.65. The number of carbonyl (C=O) groups excluding carboxylic acids is 1. The van der Waals surface area contributed by atoms with Crippen LogP contribution in [0.4, 0.5) is 18.9 Å². The monoisotopic (exact) mass is 448 g/mol. The molecule has 0 saturated carbocycles. The lowest BCUT2D eigenvalue weighted by atomic mass is 9.99. The molecule has 1 N–H and O–H groups in total. The first kappa shape index (κ1) is 22.1. The fourth-order valence-electron chi connectivity index (χ4n) is 3.28. The van der Waals surface area contributed by atoms with Gasteiger partial charge in [-0.05, 0) is 48.5 Å². The third-order valence-corrected chi connectivity index (χ3v) is 4.98. The van der Waals surface area contributed by atoms with E-state index in [-0.39, 0.29) is 34.0 Å². The maximum atomic E-state index is 14.6. The summed E-state index contributed by atoms with van der Waals surface area (Å²) in [4.78, 5) is 25.7. The van der Waals surface area contributed by atoms with E-state index in [0.29, 0.717) is 11.4 Å². The third-order valence-electron chi connectivity index (χ3n) is 4.98. The number of rotatable bonds is 5. The molecule has 0 radical (unpaired) electrons. The highest BCUT2D eigenvalue weighted by atomic mass is 19.1. The SMILES string of the molecule is CC(C)c1ncc(C(=O)Nc2c(-c3cc(F)ccc3F)ccnc2-c2ccc(F)cc2)cn1. The predicted octanol–water partition coefficient (Wildman–Crippen LogP) is 6.00. The van der Waals surface area contributed by atoms with E-state index < -0.39 is 23.4 Å². The van der Waals surface area contributed by atoms with Crippen LogP contribution in [0, 0.1) is 17.5 Å². The van der Waals surface area contributed by atoms with Crippen LogP contribution in [0.1, 0.15) is 35.9 Å². The van der Waals surface area contributed by atoms with Gasteiger partial charge in [0.15, 0.2) is 0 Å². The Bertz CT molecular complexity index is 1310. The average molecular weight is 448 g/mol. The number of halogens is 3. The normalized spacial score (nSPS) is 11.0. The standard InChI is InChI=1S/C25H19F3N4O/c1-14(2)24-30-12-16(13-31-24)25(33)32-23-19(20-11-18(27)7-8-21(20)28)9-10-29-22(23)15-3-5-17(26)6-4-15/h3-14H,1-2H3,(H,32,33). The Morgan fingerprint density at radius 1 is 0.848 bits per heavy atom. The van der Waals surface area contributed by atoms with Gasteiger partial charge in [0.1, 0.15) is 23.3 Å². The van der Waals surface area contributed by atoms with Crippen LogP contribution in [0.15, 0.2) is 67.1 Å². The molecule has 0 fully saturated rings. The van der Waals surface area contributed by atoms with E-state index in [1.54, 1.807) is 0 Å². The van der Waals surface area contributed by atoms with E-state index in [9.17, 15) is 18.0 Å². The fraction of sp³-hybridized carbons (Fsp3) is 0.120. The highest BCUT2D eigenvalue weighted by molar-refractivity contribution is 6.08. The zero-order valence-electron chi connectivity index (χ0n) is 17.8. The molecule has 0 saturated heterocycles. The number of nitrogens with one attached hydrogen (secondary N) is 1. The van der Waals surface area contributed by atoms with E-state index in [0.717, 1.165) is 18.2 Å². The number of hydrogen-bond donors (Lipinski definition) is 1. The van der Waals surface area contributed by atoms with Crippen LogP contribution >= 0.6 is 0 Å². The summed E-state index contributed by atoms with van der Waals surface area (Å²) in [5.74, 6) is -1.64. The van der Waals surface area contributed by atoms with Gasteiger partial charge >= 0.3 is 0 Å². The van der Waals surface area contributed by atoms with Crippen molar-refractivity contribution in [2.75, 3.05) is 5.32 Å². The molecule has 0 aliphatic heterocycles. The van der Waals surface area contributed by atoms with Crippen molar-refractivity contribution in [3.8, 4) is 22.4 Å². The van der Waals surface area contributed by atoms with Crippen LogP contribution in [-0.4, -0.2) is 20.9 Å². The van der Waals surface area contributed by atoms with Crippen molar-refractivity contribution < 1.29 is 18.0 Å². The van der Waals surface area contributed by atoms with E-state index >= 15 is 0 Å². The number of carbonyl (C=O) groups is 1. The summed E-state index contributed by atoms with van der Waals surface area (Å²) in [7, 11) is 0. The molecule has 0 atom stereocenters. The van der Waals surface area contributed by atoms with Crippen molar-refractivity contribution in [1.29, 1.82) is 0 Å². The van der Waals surface area contributed by atoms with Crippen LogP contribution in [0.25, 0.3) is 22.4 Å². The van der Waals surface area contributed by atoms with Crippen molar-refractivity contribution in [2.24, 2.45) is 0 Å². The predicted molar refractivity (Wildman–Crippen MR) is 119 cm³/mol. The first-order chi connectivity index (χ1) is 15.8. The first-order valence-corrected chi connectivity index (χ1v) is 10.2. The molecule has 2 heterocycles. The maximum Gasteiger partial charge on any atom is 0.258 e. The minimum Gasteiger partial charge on any atom is -0.319 e. The van der Waals surface area contributed by atoms with Gasteiger partial charge in [-0.2, -0.15) is 0 Å². The number of amides is 1. The number of anilines is 1. The Labute approximate surface area is 188 Å². The summed E-state index contributed by atoms with van der Waals surface area (Å²) in [6.07, 6.45) is 4.21. The van der Waals surface area contributed by atoms with E-state index in [1.165, 1.54) is 48.9 Å². The van der Waals surface area contributed by atoms with E-state index in [1.807, 2.05) is 13.8 Å². The summed E-state index contributed by atoms with van der Waals surface area (Å²) in [6.45, 7) is 3.86. The Kier molecular flexibility index (Phi) is 6.17. The number of aromatic nitrogens is 3. The Morgan fingerprint density at radius 2 is 1.52 bits per heavy atom. The highest BCUT2D eigenvalue weighted by Gasteiger charge is 2.20. The minimum atomic E-state index is -0.673. The van der Waals surface area contributed by atoms with Crippen molar-refractivity contribution in [2.45, 2.75) is 19.8 Å². The highest BCUT2D eigenvalue weighted by Crippen LogP contribution is 2.37. The molecular weight excluding hydrogens is 429 g/mol. The minimum absolute atomic E-state index is 0.0533. The van der Waals surface area contributed by atoms with E-state index in [2.05, 4.69) is 20.3 Å². The van der Waals surface area contributed by atoms with Gasteiger partial charge < -0.3 is 5.32 Å². The van der Waals surface area contributed by atoms with Gasteiger partial charge in [-0.15, -0.1) is 0 Å². The molecule has 166 valence electrons. The number of hydrogen-bond acceptors (Lipinski definition) is 4. The largest absolute Gasteiger partial charge is 0.319 e. The van der Waals surface area contributed by atoms with Crippen molar-refractivity contribution in [1.82, 2.24) is 15.0 Å². The van der Waals surface area contributed by atoms with Gasteiger partial charge in [-0.1, -0.05) is 13.8 Å². The molecule has 4 rings (SSSR count). The molecule has 0 aliphatic rings. The molecule has 0 aliphatic carbocycles. The lowest BCUT2D eigenvalue weighted by Gasteiger charge is -2.16. The third kappa shape index (κ3) is 4.74. The van der Waals surface area contributed by atoms with Crippen LogP contribution in [0.3, 0.4) is 0 Å². The number of pyridine rings is 1. The molecule has 0 unspecified atom stereocenters. The molecule has 2 aromatic carbocycles. The molecule has 0 bridgehead atoms. The summed E-state index contributed by atoms with van der Waals surface area (Å²) in [5.41, 5.74) is 1.24. The second kappa shape index (κ2) is 9.20. The molecule has 1 amide bonds. The van der Waals surface area contributed by atoms with Gasteiger partial charge in [-0.3, -0.25) is 9.78 Å². The molecule has 0 spiro atoms. The lowest BCUT2D eigenvalue weighted by molar-refractivity contribution is 0.102. The van der Waals surface area contributed by atoms with E-state index in [4.69, 9.17) is 0 Å². The van der Waals surface area contributed by atoms with Crippen molar-refractivity contribution >= 4 is 11.6 Å². The van der Waals surface area contributed by atoms with Crippen LogP contribution in [0.5, 0.6) is 0 Å². The maximum absolute atomic E-state index is 14.6. The molecule has 33 heavy (non-hydrogen) atoms. The zero-order chi connectivity index (χ0) is 23.5. The Hall–Kier alpha value is -4.07. The quantitative estimate of drug-likeness (QED) is 0.407. The summed E-state index contributed by atoms with van der Waals surface area (Å²) in [5, 5.41) is 2.74. The average Bonchev–Trinajstić information content (AvgIpc) is 2.81. The van der Waals surface area contributed by atoms with Gasteiger partial charge in [0, 0.05) is 41.2 Å². The summed E-state index contributed by atoms with van der Waals surface area (Å²) < 4.78 is 42.0. The Morgan fingerprint density at radius 3 is 2.18 bits per heavy atom. The molecular formula is C25H19F3N4O. The van der Waals surface area contributed by atoms with Gasteiger partial charge in [0.2, 0.25) is 0 Å². The number of benzene rings is 2. The van der Waals surface area contributed by atoms with Crippen LogP contribution < -0.4 is 5.32 Å². The summed E-state index contributed by atoms with van der Waals surface area (Å²) in [6, 6.07) is 9.99. The van der Waals surface area contributed by atoms with Crippen LogP contribution in [-0.2, 0) is 0 Å². The number of nitrogens with zero attached hydrogens (tertiary/aromatic N) is 3. The second-order valence-corrected chi connectivity index (χ2v) is 7.65. The first-order valence-electron chi connectivity index (χ1n) is 10.2. The Balaban J connectivity index is 1.83. The molecule has 4 aromatic rings. The molecule has 2 aromatic heterocycles. The summed E-state index contributed by atoms with van der Waals surface area (Å²) >= 11 is 0. The van der Waals surface area contributed by atoms with Crippen LogP contribution in [0.2, 0.25) is 0 Å². The van der Waals surface area contributed by atoms with Crippen molar-refractivity contribution in [3.63, 3.8) is 0 Å². The van der Waals surface area contributed by atoms with Crippen molar-refractivity contribution in [3.05, 3.63) is 96.0 Å². The molecule has 8 heteroatoms. The van der Waals surface area contributed by atoms with Gasteiger partial charge in [0.25, 0.3) is 5.91 Å².